The monoisotopic (exact) mass is 637 g/mol. The van der Waals surface area contributed by atoms with Gasteiger partial charge in [-0.2, -0.15) is 9.97 Å². The van der Waals surface area contributed by atoms with E-state index >= 15 is 0 Å². The van der Waals surface area contributed by atoms with Crippen LogP contribution in [-0.4, -0.2) is 68.9 Å². The molecule has 1 aliphatic rings. The van der Waals surface area contributed by atoms with Gasteiger partial charge in [0.05, 0.1) is 23.0 Å². The maximum Gasteiger partial charge on any atom is 0.338 e. The lowest BCUT2D eigenvalue weighted by molar-refractivity contribution is -0.108. The van der Waals surface area contributed by atoms with Crippen molar-refractivity contribution in [1.29, 1.82) is 0 Å². The Morgan fingerprint density at radius 3 is 2.04 bits per heavy atom. The predicted octanol–water partition coefficient (Wildman–Crippen LogP) is 3.55. The summed E-state index contributed by atoms with van der Waals surface area (Å²) in [6.45, 7) is 1.22. The van der Waals surface area contributed by atoms with Crippen molar-refractivity contribution in [2.75, 3.05) is 24.8 Å². The molecule has 0 unspecified atom stereocenters. The highest BCUT2D eigenvalue weighted by Crippen LogP contribution is 2.45. The zero-order valence-electron chi connectivity index (χ0n) is 25.4. The quantitative estimate of drug-likeness (QED) is 0.115. The number of carbonyl (C=O) groups excluding carboxylic acids is 3. The molecule has 14 heteroatoms. The summed E-state index contributed by atoms with van der Waals surface area (Å²) in [6, 6.07) is 25.1. The first-order valence-corrected chi connectivity index (χ1v) is 14.6. The number of hydrazine groups is 1. The zero-order chi connectivity index (χ0) is 33.0. The first kappa shape index (κ1) is 31.1. The van der Waals surface area contributed by atoms with Gasteiger partial charge >= 0.3 is 17.9 Å². The lowest BCUT2D eigenvalue weighted by Crippen LogP contribution is -2.50. The highest BCUT2D eigenvalue weighted by molar-refractivity contribution is 5.91. The topological polar surface area (TPSA) is 182 Å². The van der Waals surface area contributed by atoms with Crippen molar-refractivity contribution < 1.29 is 33.3 Å². The van der Waals surface area contributed by atoms with Gasteiger partial charge in [-0.05, 0) is 43.3 Å². The van der Waals surface area contributed by atoms with Gasteiger partial charge in [0.25, 0.3) is 0 Å². The van der Waals surface area contributed by atoms with Crippen LogP contribution in [0.15, 0.2) is 97.3 Å². The molecule has 4 N–H and O–H groups in total. The molecule has 0 spiro atoms. The highest BCUT2D eigenvalue weighted by Gasteiger charge is 2.60. The molecule has 14 nitrogen and oxygen atoms in total. The molecule has 1 fully saturated rings. The zero-order valence-corrected chi connectivity index (χ0v) is 25.4. The number of fused-ring (bicyclic) bond motifs is 1. The minimum atomic E-state index is -1.73. The number of carbonyl (C=O) groups is 3. The number of benzene rings is 3. The third-order valence-corrected chi connectivity index (χ3v) is 7.59. The molecular formula is C33H31N7O7. The van der Waals surface area contributed by atoms with Crippen molar-refractivity contribution >= 4 is 40.8 Å². The van der Waals surface area contributed by atoms with Gasteiger partial charge in [0.15, 0.2) is 34.9 Å². The van der Waals surface area contributed by atoms with Crippen LogP contribution in [0.2, 0.25) is 0 Å². The number of aromatic nitrogens is 4. The van der Waals surface area contributed by atoms with E-state index in [0.717, 1.165) is 0 Å². The van der Waals surface area contributed by atoms with Crippen LogP contribution in [-0.2, 0) is 18.9 Å². The van der Waals surface area contributed by atoms with Crippen molar-refractivity contribution in [3.8, 4) is 0 Å². The first-order chi connectivity index (χ1) is 22.8. The minimum absolute atomic E-state index is 0.0709. The van der Waals surface area contributed by atoms with E-state index < -0.39 is 41.9 Å². The fraction of sp³-hybridized carbons (Fsp3) is 0.212. The number of hydrogen-bond acceptors (Lipinski definition) is 13. The maximum atomic E-state index is 13.6. The normalized spacial score (nSPS) is 20.4. The molecule has 5 aromatic rings. The van der Waals surface area contributed by atoms with Crippen LogP contribution in [0, 0.1) is 0 Å². The second-order valence-corrected chi connectivity index (χ2v) is 10.8. The van der Waals surface area contributed by atoms with Crippen molar-refractivity contribution in [3.05, 3.63) is 114 Å². The number of hydrogen-bond donors (Lipinski definition) is 3. The number of rotatable bonds is 10. The number of anilines is 2. The molecule has 1 saturated heterocycles. The Bertz CT molecular complexity index is 1890. The molecule has 0 aliphatic carbocycles. The second-order valence-electron chi connectivity index (χ2n) is 10.8. The molecule has 4 atom stereocenters. The number of nitrogens with zero attached hydrogens (tertiary/aromatic N) is 4. The van der Waals surface area contributed by atoms with Crippen LogP contribution >= 0.6 is 0 Å². The molecule has 0 amide bonds. The molecule has 2 aromatic heterocycles. The average Bonchev–Trinajstić information content (AvgIpc) is 3.62. The largest absolute Gasteiger partial charge is 0.459 e. The van der Waals surface area contributed by atoms with E-state index in [4.69, 9.17) is 24.7 Å². The first-order valence-electron chi connectivity index (χ1n) is 14.6. The van der Waals surface area contributed by atoms with Crippen LogP contribution < -0.4 is 16.6 Å². The van der Waals surface area contributed by atoms with Gasteiger partial charge in [-0.1, -0.05) is 54.6 Å². The average molecular weight is 638 g/mol. The number of nitrogen functional groups attached to an aromatic ring is 1. The summed E-state index contributed by atoms with van der Waals surface area (Å²) in [5, 5.41) is 0. The molecule has 0 bridgehead atoms. The predicted molar refractivity (Wildman–Crippen MR) is 169 cm³/mol. The molecule has 3 heterocycles. The summed E-state index contributed by atoms with van der Waals surface area (Å²) in [4.78, 5) is 53.2. The van der Waals surface area contributed by atoms with Gasteiger partial charge in [-0.3, -0.25) is 4.57 Å². The molecular weight excluding hydrogens is 606 g/mol. The standard InChI is InChI=1S/C33H31N7O7/c1-33(47-30(43)22-16-10-5-11-17-22)25(46-29(42)21-14-8-4-9-15-21)23(18-44-28(41)20-12-6-3-7-13-20)45-31(33)40-19-36-24-26(39-35-2)37-32(34)38-27(24)40/h3-17,19,23,25,31,35H,18H2,1-2H3,(H3,34,37,38,39)/t23-,25-,31-,33-/m1/s1. The molecule has 1 aliphatic heterocycles. The van der Waals surface area contributed by atoms with Crippen molar-refractivity contribution in [3.63, 3.8) is 0 Å². The van der Waals surface area contributed by atoms with Gasteiger partial charge in [-0.25, -0.2) is 24.8 Å². The molecule has 47 heavy (non-hydrogen) atoms. The summed E-state index contributed by atoms with van der Waals surface area (Å²) < 4.78 is 26.0. The Morgan fingerprint density at radius 1 is 0.872 bits per heavy atom. The van der Waals surface area contributed by atoms with Crippen LogP contribution in [0.1, 0.15) is 44.2 Å². The van der Waals surface area contributed by atoms with E-state index in [1.54, 1.807) is 105 Å². The smallest absolute Gasteiger partial charge is 0.338 e. The molecule has 0 radical (unpaired) electrons. The van der Waals surface area contributed by atoms with Crippen LogP contribution in [0.25, 0.3) is 11.2 Å². The minimum Gasteiger partial charge on any atom is -0.459 e. The van der Waals surface area contributed by atoms with Gasteiger partial charge < -0.3 is 30.1 Å². The fourth-order valence-corrected chi connectivity index (χ4v) is 5.37. The Kier molecular flexibility index (Phi) is 8.77. The van der Waals surface area contributed by atoms with Crippen LogP contribution in [0.3, 0.4) is 0 Å². The van der Waals surface area contributed by atoms with Crippen molar-refractivity contribution in [1.82, 2.24) is 24.9 Å². The van der Waals surface area contributed by atoms with Crippen LogP contribution in [0.5, 0.6) is 0 Å². The Balaban J connectivity index is 1.44. The van der Waals surface area contributed by atoms with E-state index in [1.165, 1.54) is 10.9 Å². The summed E-state index contributed by atoms with van der Waals surface area (Å²) in [5.74, 6) is -1.82. The number of nitrogens with one attached hydrogen (secondary N) is 2. The Morgan fingerprint density at radius 2 is 1.45 bits per heavy atom. The summed E-state index contributed by atoms with van der Waals surface area (Å²) in [7, 11) is 1.65. The second kappa shape index (κ2) is 13.2. The lowest BCUT2D eigenvalue weighted by Gasteiger charge is -2.34. The highest BCUT2D eigenvalue weighted by atomic mass is 16.7. The summed E-state index contributed by atoms with van der Waals surface area (Å²) in [6.07, 6.45) is -2.18. The van der Waals surface area contributed by atoms with Gasteiger partial charge in [-0.15, -0.1) is 0 Å². The SMILES string of the molecule is CNNc1nc(N)nc2c1ncn2[C@@H]1O[C@H](COC(=O)c2ccccc2)[C@@H](OC(=O)c2ccccc2)[C@@]1(C)OC(=O)c1ccccc1. The van der Waals surface area contributed by atoms with E-state index in [2.05, 4.69) is 25.8 Å². The van der Waals surface area contributed by atoms with Gasteiger partial charge in [0, 0.05) is 7.05 Å². The number of esters is 3. The molecule has 240 valence electrons. The third kappa shape index (κ3) is 6.32. The van der Waals surface area contributed by atoms with Gasteiger partial charge in [0.2, 0.25) is 5.95 Å². The molecule has 6 rings (SSSR count). The fourth-order valence-electron chi connectivity index (χ4n) is 5.37. The van der Waals surface area contributed by atoms with Crippen molar-refractivity contribution in [2.24, 2.45) is 0 Å². The van der Waals surface area contributed by atoms with Crippen LogP contribution in [0.4, 0.5) is 11.8 Å². The van der Waals surface area contributed by atoms with E-state index in [-0.39, 0.29) is 35.1 Å². The maximum absolute atomic E-state index is 13.6. The lowest BCUT2D eigenvalue weighted by atomic mass is 9.95. The number of nitrogens with two attached hydrogens (primary N) is 1. The Hall–Kier alpha value is -5.86. The van der Waals surface area contributed by atoms with E-state index in [1.807, 2.05) is 0 Å². The summed E-state index contributed by atoms with van der Waals surface area (Å²) in [5.41, 5.74) is 11.3. The number of ether oxygens (including phenoxy) is 4. The molecule has 0 saturated carbocycles. The summed E-state index contributed by atoms with van der Waals surface area (Å²) >= 11 is 0. The van der Waals surface area contributed by atoms with E-state index in [9.17, 15) is 14.4 Å². The van der Waals surface area contributed by atoms with Gasteiger partial charge in [0.1, 0.15) is 12.7 Å². The third-order valence-electron chi connectivity index (χ3n) is 7.59. The number of imidazole rings is 1. The Labute approximate surface area is 268 Å². The van der Waals surface area contributed by atoms with E-state index in [0.29, 0.717) is 11.1 Å². The molecule has 3 aromatic carbocycles. The van der Waals surface area contributed by atoms with Crippen molar-refractivity contribution in [2.45, 2.75) is 31.0 Å².